The van der Waals surface area contributed by atoms with E-state index in [4.69, 9.17) is 0 Å². The second-order valence-electron chi connectivity index (χ2n) is 5.42. The van der Waals surface area contributed by atoms with Gasteiger partial charge in [-0.25, -0.2) is 0 Å². The topological polar surface area (TPSA) is 0 Å². The van der Waals surface area contributed by atoms with E-state index >= 15 is 0 Å². The Kier molecular flexibility index (Phi) is 5.59. The van der Waals surface area contributed by atoms with E-state index in [9.17, 15) is 0 Å². The molecule has 0 amide bonds. The maximum absolute atomic E-state index is 2.43. The van der Waals surface area contributed by atoms with E-state index < -0.39 is 0 Å². The van der Waals surface area contributed by atoms with Crippen molar-refractivity contribution in [3.8, 4) is 0 Å². The van der Waals surface area contributed by atoms with Crippen molar-refractivity contribution in [2.24, 2.45) is 17.8 Å². The molecular weight excluding hydrogens is 168 g/mol. The summed E-state index contributed by atoms with van der Waals surface area (Å²) in [5.74, 6) is 3.13. The third-order valence-corrected chi connectivity index (χ3v) is 4.08. The fourth-order valence-corrected chi connectivity index (χ4v) is 2.97. The number of hydrogen-bond acceptors (Lipinski definition) is 0. The first-order valence-corrected chi connectivity index (χ1v) is 6.76. The van der Waals surface area contributed by atoms with Gasteiger partial charge in [0.1, 0.15) is 0 Å². The summed E-state index contributed by atoms with van der Waals surface area (Å²) < 4.78 is 0. The van der Waals surface area contributed by atoms with Gasteiger partial charge >= 0.3 is 0 Å². The summed E-state index contributed by atoms with van der Waals surface area (Å²) in [4.78, 5) is 0. The molecule has 0 aliphatic heterocycles. The van der Waals surface area contributed by atoms with Crippen LogP contribution < -0.4 is 0 Å². The molecule has 0 heterocycles. The van der Waals surface area contributed by atoms with Gasteiger partial charge in [0.2, 0.25) is 0 Å². The molecule has 1 saturated carbocycles. The average Bonchev–Trinajstić information content (AvgIpc) is 2.63. The van der Waals surface area contributed by atoms with Crippen molar-refractivity contribution in [3.63, 3.8) is 0 Å². The lowest BCUT2D eigenvalue weighted by molar-refractivity contribution is 0.385. The summed E-state index contributed by atoms with van der Waals surface area (Å²) in [5.41, 5.74) is 0. The van der Waals surface area contributed by atoms with Crippen molar-refractivity contribution in [2.75, 3.05) is 0 Å². The Bertz CT molecular complexity index is 139. The second-order valence-corrected chi connectivity index (χ2v) is 5.42. The normalized spacial score (nSPS) is 29.4. The minimum Gasteiger partial charge on any atom is -0.0654 e. The zero-order chi connectivity index (χ0) is 10.4. The van der Waals surface area contributed by atoms with Crippen molar-refractivity contribution in [1.82, 2.24) is 0 Å². The molecule has 0 saturated heterocycles. The summed E-state index contributed by atoms with van der Waals surface area (Å²) in [5, 5.41) is 0. The van der Waals surface area contributed by atoms with E-state index in [1.165, 1.54) is 51.4 Å². The van der Waals surface area contributed by atoms with E-state index in [1.807, 2.05) is 0 Å². The maximum atomic E-state index is 2.43. The number of rotatable bonds is 6. The Morgan fingerprint density at radius 1 is 1.07 bits per heavy atom. The van der Waals surface area contributed by atoms with Gasteiger partial charge in [0.05, 0.1) is 0 Å². The highest BCUT2D eigenvalue weighted by atomic mass is 14.3. The molecule has 3 atom stereocenters. The predicted molar refractivity (Wildman–Crippen MR) is 64.4 cm³/mol. The molecule has 0 N–H and O–H groups in total. The monoisotopic (exact) mass is 196 g/mol. The molecule has 0 radical (unpaired) electrons. The first-order valence-electron chi connectivity index (χ1n) is 6.76. The van der Waals surface area contributed by atoms with Crippen LogP contribution in [0.15, 0.2) is 0 Å². The van der Waals surface area contributed by atoms with Crippen LogP contribution in [0.5, 0.6) is 0 Å². The maximum Gasteiger partial charge on any atom is -0.0411 e. The standard InChI is InChI=1S/C14H28/c1-4-6-12(3)7-8-14-10-9-13(5-2)11-14/h12-14H,4-11H2,1-3H3/t12?,13-,14?/m0/s1. The number of hydrogen-bond donors (Lipinski definition) is 0. The summed E-state index contributed by atoms with van der Waals surface area (Å²) in [6.45, 7) is 7.09. The first-order chi connectivity index (χ1) is 6.76. The van der Waals surface area contributed by atoms with Gasteiger partial charge in [-0.2, -0.15) is 0 Å². The quantitative estimate of drug-likeness (QED) is 0.559. The lowest BCUT2D eigenvalue weighted by Gasteiger charge is -2.14. The molecule has 0 aromatic carbocycles. The zero-order valence-electron chi connectivity index (χ0n) is 10.4. The smallest absolute Gasteiger partial charge is 0.0411 e. The molecule has 84 valence electrons. The third-order valence-electron chi connectivity index (χ3n) is 4.08. The fourth-order valence-electron chi connectivity index (χ4n) is 2.97. The lowest BCUT2D eigenvalue weighted by Crippen LogP contribution is -2.00. The van der Waals surface area contributed by atoms with Gasteiger partial charge in [0.25, 0.3) is 0 Å². The molecule has 0 heteroatoms. The van der Waals surface area contributed by atoms with Gasteiger partial charge in [-0.15, -0.1) is 0 Å². The van der Waals surface area contributed by atoms with E-state index in [2.05, 4.69) is 20.8 Å². The highest BCUT2D eigenvalue weighted by Crippen LogP contribution is 2.36. The van der Waals surface area contributed by atoms with Crippen molar-refractivity contribution in [2.45, 2.75) is 72.1 Å². The van der Waals surface area contributed by atoms with Crippen LogP contribution >= 0.6 is 0 Å². The zero-order valence-corrected chi connectivity index (χ0v) is 10.4. The molecule has 1 rings (SSSR count). The molecule has 1 fully saturated rings. The van der Waals surface area contributed by atoms with E-state index in [-0.39, 0.29) is 0 Å². The van der Waals surface area contributed by atoms with E-state index in [1.54, 1.807) is 0 Å². The summed E-state index contributed by atoms with van der Waals surface area (Å²) >= 11 is 0. The van der Waals surface area contributed by atoms with E-state index in [0.29, 0.717) is 0 Å². The highest BCUT2D eigenvalue weighted by Gasteiger charge is 2.23. The van der Waals surface area contributed by atoms with Crippen LogP contribution in [0.1, 0.15) is 72.1 Å². The summed E-state index contributed by atoms with van der Waals surface area (Å²) in [7, 11) is 0. The van der Waals surface area contributed by atoms with Gasteiger partial charge < -0.3 is 0 Å². The minimum absolute atomic E-state index is 0.973. The Morgan fingerprint density at radius 2 is 1.79 bits per heavy atom. The molecule has 1 aliphatic rings. The van der Waals surface area contributed by atoms with Crippen molar-refractivity contribution in [3.05, 3.63) is 0 Å². The SMILES string of the molecule is CCCC(C)CCC1CC[C@H](CC)C1. The largest absolute Gasteiger partial charge is 0.0654 e. The Morgan fingerprint density at radius 3 is 2.36 bits per heavy atom. The second kappa shape index (κ2) is 6.48. The van der Waals surface area contributed by atoms with Crippen LogP contribution in [0.4, 0.5) is 0 Å². The van der Waals surface area contributed by atoms with E-state index in [0.717, 1.165) is 17.8 Å². The van der Waals surface area contributed by atoms with Crippen LogP contribution in [-0.2, 0) is 0 Å². The van der Waals surface area contributed by atoms with Crippen LogP contribution in [0.25, 0.3) is 0 Å². The van der Waals surface area contributed by atoms with Crippen LogP contribution in [0, 0.1) is 17.8 Å². The van der Waals surface area contributed by atoms with Gasteiger partial charge in [-0.05, 0) is 24.2 Å². The predicted octanol–water partition coefficient (Wildman–Crippen LogP) is 5.03. The molecule has 1 aliphatic carbocycles. The molecular formula is C14H28. The molecule has 0 spiro atoms. The van der Waals surface area contributed by atoms with Gasteiger partial charge in [-0.3, -0.25) is 0 Å². The Hall–Kier alpha value is 0. The lowest BCUT2D eigenvalue weighted by atomic mass is 9.92. The molecule has 14 heavy (non-hydrogen) atoms. The average molecular weight is 196 g/mol. The van der Waals surface area contributed by atoms with Crippen LogP contribution in [0.3, 0.4) is 0 Å². The van der Waals surface area contributed by atoms with Gasteiger partial charge in [0, 0.05) is 0 Å². The summed E-state index contributed by atoms with van der Waals surface area (Å²) in [6.07, 6.45) is 11.8. The Balaban J connectivity index is 2.07. The molecule has 0 nitrogen and oxygen atoms in total. The molecule has 0 aromatic heterocycles. The van der Waals surface area contributed by atoms with Crippen molar-refractivity contribution < 1.29 is 0 Å². The van der Waals surface area contributed by atoms with Gasteiger partial charge in [-0.1, -0.05) is 65.7 Å². The summed E-state index contributed by atoms with van der Waals surface area (Å²) in [6, 6.07) is 0. The van der Waals surface area contributed by atoms with Crippen LogP contribution in [0.2, 0.25) is 0 Å². The van der Waals surface area contributed by atoms with Crippen LogP contribution in [-0.4, -0.2) is 0 Å². The fraction of sp³-hybridized carbons (Fsp3) is 1.00. The molecule has 0 bridgehead atoms. The molecule has 2 unspecified atom stereocenters. The van der Waals surface area contributed by atoms with Gasteiger partial charge in [0.15, 0.2) is 0 Å². The minimum atomic E-state index is 0.973. The van der Waals surface area contributed by atoms with Crippen molar-refractivity contribution in [1.29, 1.82) is 0 Å². The molecule has 0 aromatic rings. The van der Waals surface area contributed by atoms with Crippen molar-refractivity contribution >= 4 is 0 Å². The third kappa shape index (κ3) is 4.02. The first kappa shape index (κ1) is 12.1. The Labute approximate surface area is 90.5 Å². The highest BCUT2D eigenvalue weighted by molar-refractivity contribution is 4.75.